The molecule has 2 N–H and O–H groups in total. The zero-order valence-electron chi connectivity index (χ0n) is 37.4. The van der Waals surface area contributed by atoms with Crippen LogP contribution in [0.15, 0.2) is 56.2 Å². The third kappa shape index (κ3) is 9.95. The summed E-state index contributed by atoms with van der Waals surface area (Å²) in [6, 6.07) is -0.203. The number of nitrogens with zero attached hydrogens (tertiary/aromatic N) is 4. The van der Waals surface area contributed by atoms with Crippen LogP contribution in [0.25, 0.3) is 24.3 Å². The second-order valence-electron chi connectivity index (χ2n) is 16.9. The molecule has 12 heteroatoms. The lowest BCUT2D eigenvalue weighted by atomic mass is 9.94. The van der Waals surface area contributed by atoms with Crippen molar-refractivity contribution in [1.29, 1.82) is 0 Å². The highest BCUT2D eigenvalue weighted by Crippen LogP contribution is 2.35. The van der Waals surface area contributed by atoms with Crippen molar-refractivity contribution in [2.45, 2.75) is 118 Å². The molecule has 1 unspecified atom stereocenters. The summed E-state index contributed by atoms with van der Waals surface area (Å²) in [5.74, 6) is -0.524. The highest BCUT2D eigenvalue weighted by atomic mass is 16.5. The molecule has 328 valence electrons. The summed E-state index contributed by atoms with van der Waals surface area (Å²) in [5.41, 5.74) is 11.8. The molecule has 2 saturated heterocycles. The Morgan fingerprint density at radius 3 is 1.87 bits per heavy atom. The Labute approximate surface area is 365 Å². The van der Waals surface area contributed by atoms with Gasteiger partial charge in [-0.05, 0) is 157 Å². The number of aromatic nitrogens is 2. The number of rotatable bonds is 12. The van der Waals surface area contributed by atoms with E-state index < -0.39 is 11.9 Å². The average molecular weight is 843 g/mol. The van der Waals surface area contributed by atoms with Crippen LogP contribution in [0.5, 0.6) is 0 Å². The van der Waals surface area contributed by atoms with E-state index in [2.05, 4.69) is 36.8 Å². The average Bonchev–Trinajstić information content (AvgIpc) is 3.93. The number of aromatic amines is 2. The van der Waals surface area contributed by atoms with Crippen LogP contribution < -0.4 is 10.7 Å². The summed E-state index contributed by atoms with van der Waals surface area (Å²) >= 11 is 0. The fourth-order valence-electron chi connectivity index (χ4n) is 9.30. The third-order valence-corrected chi connectivity index (χ3v) is 12.9. The number of ether oxygens (including phenoxy) is 2. The molecule has 1 atom stereocenters. The standard InChI is InChI=1S/C50H62N6O6/c1-7-61-49(59)21-17-37-33(5)40-27-39-31(3)35(15-19-47(57)55-23-11-9-12-24-55)45(52-39)30-46-36(16-20-48(58)56-25-13-10-14-26-56)32(4)41(54-46)28-44-38(18-22-50(60)62-8-2)34(6)42(53-44)29-43(37)51-40/h17-18,21-22,28-30,39,51,53H,7-16,19-20,23-27H2,1-6H3/b21-17+,22-18+,42-29-,44-28-,46-30?. The summed E-state index contributed by atoms with van der Waals surface area (Å²) in [5, 5.41) is 1.56. The van der Waals surface area contributed by atoms with Gasteiger partial charge in [0.15, 0.2) is 0 Å². The number of esters is 2. The van der Waals surface area contributed by atoms with Gasteiger partial charge >= 0.3 is 11.9 Å². The monoisotopic (exact) mass is 842 g/mol. The maximum atomic E-state index is 13.6. The summed E-state index contributed by atoms with van der Waals surface area (Å²) in [4.78, 5) is 74.3. The van der Waals surface area contributed by atoms with Gasteiger partial charge in [-0.15, -0.1) is 0 Å². The highest BCUT2D eigenvalue weighted by molar-refractivity contribution is 6.24. The van der Waals surface area contributed by atoms with Crippen LogP contribution in [0.4, 0.5) is 0 Å². The van der Waals surface area contributed by atoms with Crippen LogP contribution >= 0.6 is 0 Å². The number of piperidine rings is 2. The number of carbonyl (C=O) groups excluding carboxylic acids is 4. The normalized spacial score (nSPS) is 20.2. The number of carbonyl (C=O) groups is 4. The van der Waals surface area contributed by atoms with Crippen molar-refractivity contribution in [3.05, 3.63) is 90.6 Å². The van der Waals surface area contributed by atoms with Gasteiger partial charge < -0.3 is 29.2 Å². The van der Waals surface area contributed by atoms with Crippen LogP contribution in [0.1, 0.15) is 126 Å². The van der Waals surface area contributed by atoms with Crippen LogP contribution in [0, 0.1) is 13.8 Å². The van der Waals surface area contributed by atoms with Crippen molar-refractivity contribution < 1.29 is 28.7 Å². The number of allylic oxidation sites excluding steroid dienone is 4. The van der Waals surface area contributed by atoms with Gasteiger partial charge in [0.05, 0.1) is 36.4 Å². The van der Waals surface area contributed by atoms with Gasteiger partial charge in [0, 0.05) is 90.8 Å². The first-order valence-electron chi connectivity index (χ1n) is 22.6. The molecule has 5 aliphatic heterocycles. The minimum Gasteiger partial charge on any atom is -0.463 e. The Morgan fingerprint density at radius 1 is 0.694 bits per heavy atom. The van der Waals surface area contributed by atoms with Gasteiger partial charge in [0.25, 0.3) is 0 Å². The maximum Gasteiger partial charge on any atom is 0.330 e. The van der Waals surface area contributed by atoms with Crippen LogP contribution in [-0.4, -0.2) is 100 Å². The van der Waals surface area contributed by atoms with Crippen LogP contribution in [0.3, 0.4) is 0 Å². The van der Waals surface area contributed by atoms with E-state index in [1.54, 1.807) is 26.0 Å². The lowest BCUT2D eigenvalue weighted by Crippen LogP contribution is -2.35. The van der Waals surface area contributed by atoms with E-state index in [4.69, 9.17) is 19.5 Å². The van der Waals surface area contributed by atoms with Crippen molar-refractivity contribution in [3.63, 3.8) is 0 Å². The zero-order valence-corrected chi connectivity index (χ0v) is 37.4. The zero-order chi connectivity index (χ0) is 43.9. The molecule has 8 bridgehead atoms. The number of aliphatic imine (C=N–C) groups is 2. The van der Waals surface area contributed by atoms with E-state index in [0.29, 0.717) is 32.1 Å². The van der Waals surface area contributed by atoms with Crippen LogP contribution in [0.2, 0.25) is 0 Å². The minimum absolute atomic E-state index is 0.162. The van der Waals surface area contributed by atoms with E-state index in [-0.39, 0.29) is 31.1 Å². The quantitative estimate of drug-likeness (QED) is 0.181. The van der Waals surface area contributed by atoms with E-state index in [9.17, 15) is 19.2 Å². The molecule has 7 heterocycles. The van der Waals surface area contributed by atoms with Gasteiger partial charge in [-0.25, -0.2) is 14.6 Å². The molecule has 0 radical (unpaired) electrons. The summed E-state index contributed by atoms with van der Waals surface area (Å²) < 4.78 is 10.5. The van der Waals surface area contributed by atoms with E-state index in [1.807, 2.05) is 28.9 Å². The van der Waals surface area contributed by atoms with Crippen molar-refractivity contribution in [1.82, 2.24) is 19.8 Å². The smallest absolute Gasteiger partial charge is 0.330 e. The number of amides is 2. The largest absolute Gasteiger partial charge is 0.463 e. The predicted molar refractivity (Wildman–Crippen MR) is 245 cm³/mol. The molecule has 0 saturated carbocycles. The van der Waals surface area contributed by atoms with Gasteiger partial charge in [-0.1, -0.05) is 0 Å². The Hall–Kier alpha value is -5.78. The molecule has 12 nitrogen and oxygen atoms in total. The molecule has 7 rings (SSSR count). The molecule has 0 aromatic carbocycles. The number of fused-ring (bicyclic) bond motifs is 6. The topological polar surface area (TPSA) is 150 Å². The van der Waals surface area contributed by atoms with Crippen LogP contribution in [-0.2, 0) is 35.1 Å². The summed E-state index contributed by atoms with van der Waals surface area (Å²) in [6.45, 7) is 15.6. The summed E-state index contributed by atoms with van der Waals surface area (Å²) in [7, 11) is 0. The van der Waals surface area contributed by atoms with Crippen molar-refractivity contribution in [2.24, 2.45) is 9.98 Å². The molecule has 2 aromatic heterocycles. The fraction of sp³-hybridized carbons (Fsp3) is 0.480. The molecule has 0 aliphatic carbocycles. The summed E-state index contributed by atoms with van der Waals surface area (Å²) in [6.07, 6.45) is 21.5. The number of nitrogens with one attached hydrogen (secondary N) is 2. The maximum absolute atomic E-state index is 13.6. The number of hydrogen-bond donors (Lipinski definition) is 2. The second-order valence-corrected chi connectivity index (χ2v) is 16.9. The van der Waals surface area contributed by atoms with Crippen molar-refractivity contribution in [2.75, 3.05) is 39.4 Å². The van der Waals surface area contributed by atoms with Gasteiger partial charge in [0.1, 0.15) is 0 Å². The Morgan fingerprint density at radius 2 is 1.27 bits per heavy atom. The lowest BCUT2D eigenvalue weighted by Gasteiger charge is -2.27. The first-order valence-corrected chi connectivity index (χ1v) is 22.6. The fourth-order valence-corrected chi connectivity index (χ4v) is 9.30. The molecule has 0 spiro atoms. The molecule has 62 heavy (non-hydrogen) atoms. The van der Waals surface area contributed by atoms with E-state index in [1.165, 1.54) is 12.2 Å². The van der Waals surface area contributed by atoms with E-state index in [0.717, 1.165) is 148 Å². The highest BCUT2D eigenvalue weighted by Gasteiger charge is 2.30. The Kier molecular flexibility index (Phi) is 14.2. The molecule has 2 aromatic rings. The SMILES string of the molecule is CCOC(=O)/C=C/c1c2[nH]c(c1C)CC1N=C(C=C3N=C(/C=c4\[nH]/c(c(C)c4/C=C/C(=O)OCC)=C\2)C(C)=C3CCC(=O)N2CCCCC2)C(CCC(=O)N2CCCCC2)=C1C. The van der Waals surface area contributed by atoms with Crippen molar-refractivity contribution >= 4 is 59.5 Å². The van der Waals surface area contributed by atoms with Gasteiger partial charge in [-0.2, -0.15) is 0 Å². The Bertz CT molecular complexity index is 2460. The van der Waals surface area contributed by atoms with Gasteiger partial charge in [-0.3, -0.25) is 14.6 Å². The second kappa shape index (κ2) is 19.9. The molecule has 2 amide bonds. The predicted octanol–water partition coefficient (Wildman–Crippen LogP) is 6.66. The number of H-pyrrole nitrogens is 2. The molecule has 5 aliphatic rings. The Balaban J connectivity index is 1.39. The minimum atomic E-state index is -0.438. The number of hydrogen-bond acceptors (Lipinski definition) is 8. The number of likely N-dealkylation sites (tertiary alicyclic amines) is 2. The first kappa shape index (κ1) is 44.3. The molecule has 2 fully saturated rings. The molecular weight excluding hydrogens is 781 g/mol. The van der Waals surface area contributed by atoms with E-state index >= 15 is 0 Å². The lowest BCUT2D eigenvalue weighted by molar-refractivity contribution is -0.138. The van der Waals surface area contributed by atoms with Gasteiger partial charge in [0.2, 0.25) is 11.8 Å². The third-order valence-electron chi connectivity index (χ3n) is 12.9. The molecular formula is C50H62N6O6. The first-order chi connectivity index (χ1) is 29.9. The van der Waals surface area contributed by atoms with Crippen molar-refractivity contribution in [3.8, 4) is 0 Å².